The van der Waals surface area contributed by atoms with Gasteiger partial charge in [0, 0.05) is 22.6 Å². The lowest BCUT2D eigenvalue weighted by Crippen LogP contribution is -2.02. The molecule has 0 aliphatic carbocycles. The predicted octanol–water partition coefficient (Wildman–Crippen LogP) is 2.85. The van der Waals surface area contributed by atoms with Crippen molar-refractivity contribution >= 4 is 21.6 Å². The van der Waals surface area contributed by atoms with Crippen LogP contribution in [0, 0.1) is 0 Å². The number of nitrogens with zero attached hydrogens (tertiary/aromatic N) is 2. The van der Waals surface area contributed by atoms with Crippen LogP contribution in [0.3, 0.4) is 0 Å². The molecule has 0 atom stereocenters. The van der Waals surface area contributed by atoms with Gasteiger partial charge in [-0.15, -0.1) is 0 Å². The van der Waals surface area contributed by atoms with Gasteiger partial charge in [0.25, 0.3) is 0 Å². The Balaban J connectivity index is 2.03. The minimum atomic E-state index is 0.677. The summed E-state index contributed by atoms with van der Waals surface area (Å²) >= 11 is 3.47. The Morgan fingerprint density at radius 1 is 1.20 bits per heavy atom. The number of anilines is 1. The van der Waals surface area contributed by atoms with Gasteiger partial charge in [-0.3, -0.25) is 9.97 Å². The van der Waals surface area contributed by atoms with Gasteiger partial charge in [-0.2, -0.15) is 0 Å². The van der Waals surface area contributed by atoms with Gasteiger partial charge in [0.1, 0.15) is 0 Å². The van der Waals surface area contributed by atoms with E-state index in [0.29, 0.717) is 6.54 Å². The van der Waals surface area contributed by atoms with E-state index >= 15 is 0 Å². The molecule has 2 aromatic rings. The monoisotopic (exact) mass is 263 g/mol. The van der Waals surface area contributed by atoms with E-state index in [9.17, 15) is 0 Å². The Morgan fingerprint density at radius 3 is 2.80 bits per heavy atom. The second kappa shape index (κ2) is 4.89. The minimum Gasteiger partial charge on any atom is -0.378 e. The Kier molecular flexibility index (Phi) is 3.29. The molecule has 0 spiro atoms. The van der Waals surface area contributed by atoms with E-state index in [-0.39, 0.29) is 0 Å². The van der Waals surface area contributed by atoms with Crippen LogP contribution in [0.25, 0.3) is 0 Å². The highest BCUT2D eigenvalue weighted by atomic mass is 79.9. The molecular formula is C11H10BrN3. The molecular weight excluding hydrogens is 254 g/mol. The van der Waals surface area contributed by atoms with Crippen LogP contribution < -0.4 is 5.32 Å². The van der Waals surface area contributed by atoms with Crippen molar-refractivity contribution in [3.05, 3.63) is 53.0 Å². The van der Waals surface area contributed by atoms with Crippen LogP contribution in [0.2, 0.25) is 0 Å². The van der Waals surface area contributed by atoms with Gasteiger partial charge in [-0.1, -0.05) is 12.1 Å². The minimum absolute atomic E-state index is 0.677. The van der Waals surface area contributed by atoms with Gasteiger partial charge in [-0.25, -0.2) is 0 Å². The fraction of sp³-hybridized carbons (Fsp3) is 0.0909. The molecule has 4 heteroatoms. The number of rotatable bonds is 3. The smallest absolute Gasteiger partial charge is 0.0777 e. The highest BCUT2D eigenvalue weighted by molar-refractivity contribution is 9.10. The average molecular weight is 264 g/mol. The van der Waals surface area contributed by atoms with Gasteiger partial charge in [0.05, 0.1) is 18.4 Å². The summed E-state index contributed by atoms with van der Waals surface area (Å²) in [5, 5.41) is 3.28. The van der Waals surface area contributed by atoms with Crippen molar-refractivity contribution in [2.75, 3.05) is 5.32 Å². The molecule has 1 heterocycles. The van der Waals surface area contributed by atoms with E-state index < -0.39 is 0 Å². The normalized spacial score (nSPS) is 9.93. The van der Waals surface area contributed by atoms with E-state index in [0.717, 1.165) is 15.9 Å². The maximum absolute atomic E-state index is 4.18. The van der Waals surface area contributed by atoms with Crippen molar-refractivity contribution in [2.45, 2.75) is 6.54 Å². The maximum Gasteiger partial charge on any atom is 0.0777 e. The third-order valence-corrected chi connectivity index (χ3v) is 2.64. The van der Waals surface area contributed by atoms with Gasteiger partial charge in [0.15, 0.2) is 0 Å². The van der Waals surface area contributed by atoms with Crippen molar-refractivity contribution in [1.29, 1.82) is 0 Å². The number of halogens is 1. The number of nitrogens with one attached hydrogen (secondary N) is 1. The van der Waals surface area contributed by atoms with E-state index in [2.05, 4.69) is 31.2 Å². The molecule has 2 rings (SSSR count). The molecule has 76 valence electrons. The molecule has 0 unspecified atom stereocenters. The summed E-state index contributed by atoms with van der Waals surface area (Å²) < 4.78 is 1.05. The van der Waals surface area contributed by atoms with Crippen LogP contribution in [-0.2, 0) is 6.54 Å². The van der Waals surface area contributed by atoms with Crippen LogP contribution >= 0.6 is 15.9 Å². The quantitative estimate of drug-likeness (QED) is 0.926. The number of hydrogen-bond donors (Lipinski definition) is 1. The number of aromatic nitrogens is 2. The van der Waals surface area contributed by atoms with E-state index in [1.165, 1.54) is 0 Å². The van der Waals surface area contributed by atoms with Gasteiger partial charge in [-0.05, 0) is 28.1 Å². The molecule has 0 aliphatic heterocycles. The standard InChI is InChI=1S/C11H10BrN3/c12-10-3-1-2-4-11(10)15-8-9-7-13-5-6-14-9/h1-7,15H,8H2. The van der Waals surface area contributed by atoms with Crippen LogP contribution in [0.15, 0.2) is 47.3 Å². The average Bonchev–Trinajstić information content (AvgIpc) is 2.29. The van der Waals surface area contributed by atoms with Crippen molar-refractivity contribution in [3.8, 4) is 0 Å². The molecule has 3 nitrogen and oxygen atoms in total. The molecule has 1 aromatic heterocycles. The lowest BCUT2D eigenvalue weighted by atomic mass is 10.3. The molecule has 0 amide bonds. The number of benzene rings is 1. The number of hydrogen-bond acceptors (Lipinski definition) is 3. The summed E-state index contributed by atoms with van der Waals surface area (Å²) in [6.45, 7) is 0.677. The summed E-state index contributed by atoms with van der Waals surface area (Å²) in [4.78, 5) is 8.19. The summed E-state index contributed by atoms with van der Waals surface area (Å²) in [6, 6.07) is 7.99. The summed E-state index contributed by atoms with van der Waals surface area (Å²) in [5.74, 6) is 0. The topological polar surface area (TPSA) is 37.8 Å². The molecule has 0 fully saturated rings. The molecule has 0 aliphatic rings. The maximum atomic E-state index is 4.18. The van der Waals surface area contributed by atoms with E-state index in [1.54, 1.807) is 18.6 Å². The predicted molar refractivity (Wildman–Crippen MR) is 63.5 cm³/mol. The van der Waals surface area contributed by atoms with Gasteiger partial charge >= 0.3 is 0 Å². The van der Waals surface area contributed by atoms with Crippen LogP contribution in [0.5, 0.6) is 0 Å². The summed E-state index contributed by atoms with van der Waals surface area (Å²) in [7, 11) is 0. The zero-order valence-electron chi connectivity index (χ0n) is 8.02. The second-order valence-electron chi connectivity index (χ2n) is 3.03. The van der Waals surface area contributed by atoms with Crippen molar-refractivity contribution in [1.82, 2.24) is 9.97 Å². The third-order valence-electron chi connectivity index (χ3n) is 1.95. The van der Waals surface area contributed by atoms with Crippen molar-refractivity contribution < 1.29 is 0 Å². The van der Waals surface area contributed by atoms with E-state index in [1.807, 2.05) is 24.3 Å². The van der Waals surface area contributed by atoms with Crippen LogP contribution in [0.1, 0.15) is 5.69 Å². The first-order valence-electron chi connectivity index (χ1n) is 4.59. The Morgan fingerprint density at radius 2 is 2.07 bits per heavy atom. The molecule has 1 aromatic carbocycles. The SMILES string of the molecule is Brc1ccccc1NCc1cnccn1. The van der Waals surface area contributed by atoms with Gasteiger partial charge < -0.3 is 5.32 Å². The van der Waals surface area contributed by atoms with Gasteiger partial charge in [0.2, 0.25) is 0 Å². The van der Waals surface area contributed by atoms with Crippen LogP contribution in [0.4, 0.5) is 5.69 Å². The highest BCUT2D eigenvalue weighted by Crippen LogP contribution is 2.21. The highest BCUT2D eigenvalue weighted by Gasteiger charge is 1.98. The Hall–Kier alpha value is -1.42. The fourth-order valence-corrected chi connectivity index (χ4v) is 1.64. The first-order valence-corrected chi connectivity index (χ1v) is 5.39. The summed E-state index contributed by atoms with van der Waals surface area (Å²) in [6.07, 6.45) is 5.11. The first kappa shape index (κ1) is 10.1. The van der Waals surface area contributed by atoms with Crippen molar-refractivity contribution in [3.63, 3.8) is 0 Å². The molecule has 0 saturated carbocycles. The molecule has 1 N–H and O–H groups in total. The van der Waals surface area contributed by atoms with Crippen molar-refractivity contribution in [2.24, 2.45) is 0 Å². The number of para-hydroxylation sites is 1. The Labute approximate surface area is 96.7 Å². The molecule has 0 bridgehead atoms. The fourth-order valence-electron chi connectivity index (χ4n) is 1.21. The molecule has 0 radical (unpaired) electrons. The molecule has 0 saturated heterocycles. The van der Waals surface area contributed by atoms with E-state index in [4.69, 9.17) is 0 Å². The zero-order chi connectivity index (χ0) is 10.5. The zero-order valence-corrected chi connectivity index (χ0v) is 9.61. The third kappa shape index (κ3) is 2.76. The largest absolute Gasteiger partial charge is 0.378 e. The van der Waals surface area contributed by atoms with Crippen LogP contribution in [-0.4, -0.2) is 9.97 Å². The lowest BCUT2D eigenvalue weighted by molar-refractivity contribution is 1.01. The Bertz CT molecular complexity index is 431. The second-order valence-corrected chi connectivity index (χ2v) is 3.88. The summed E-state index contributed by atoms with van der Waals surface area (Å²) in [5.41, 5.74) is 1.98. The lowest BCUT2D eigenvalue weighted by Gasteiger charge is -2.06. The first-order chi connectivity index (χ1) is 7.36. The molecule has 15 heavy (non-hydrogen) atoms.